The average molecular weight is 381 g/mol. The van der Waals surface area contributed by atoms with Crippen LogP contribution in [0.2, 0.25) is 0 Å². The molecular weight excluding hydrogens is 362 g/mol. The second kappa shape index (κ2) is 8.87. The smallest absolute Gasteiger partial charge is 0.282 e. The van der Waals surface area contributed by atoms with Crippen LogP contribution in [0.15, 0.2) is 53.3 Å². The van der Waals surface area contributed by atoms with E-state index < -0.39 is 5.91 Å². The van der Waals surface area contributed by atoms with Gasteiger partial charge >= 0.3 is 0 Å². The summed E-state index contributed by atoms with van der Waals surface area (Å²) >= 11 is 0. The summed E-state index contributed by atoms with van der Waals surface area (Å²) in [4.78, 5) is 36.3. The fourth-order valence-electron chi connectivity index (χ4n) is 2.53. The third-order valence-electron chi connectivity index (χ3n) is 3.98. The second-order valence-corrected chi connectivity index (χ2v) is 5.90. The van der Waals surface area contributed by atoms with Gasteiger partial charge in [-0.3, -0.25) is 14.4 Å². The first-order chi connectivity index (χ1) is 13.6. The van der Waals surface area contributed by atoms with Crippen molar-refractivity contribution in [2.24, 2.45) is 0 Å². The number of nitrogens with zero attached hydrogens (tertiary/aromatic N) is 3. The van der Waals surface area contributed by atoms with Crippen LogP contribution >= 0.6 is 0 Å². The van der Waals surface area contributed by atoms with Crippen molar-refractivity contribution in [3.63, 3.8) is 0 Å². The highest BCUT2D eigenvalue weighted by molar-refractivity contribution is 5.96. The molecule has 0 unspecified atom stereocenters. The standard InChI is InChI=1S/C19H19N5O4/c1-28-11-10-20-17(25)12-21-18(26)13-6-8-14(9-7-13)24-19(27)15-4-2-3-5-16(15)22-23-24/h2-9H,10-12H2,1H3,(H,20,25)(H,21,26). The van der Waals surface area contributed by atoms with Gasteiger partial charge in [0.2, 0.25) is 5.91 Å². The Balaban J connectivity index is 1.68. The number of amides is 2. The summed E-state index contributed by atoms with van der Waals surface area (Å²) in [6.07, 6.45) is 0. The number of carbonyl (C=O) groups is 2. The lowest BCUT2D eigenvalue weighted by atomic mass is 10.2. The molecular formula is C19H19N5O4. The number of methoxy groups -OCH3 is 1. The quantitative estimate of drug-likeness (QED) is 0.568. The fourth-order valence-corrected chi connectivity index (χ4v) is 2.53. The molecule has 0 saturated carbocycles. The Morgan fingerprint density at radius 3 is 2.57 bits per heavy atom. The highest BCUT2D eigenvalue weighted by Gasteiger charge is 2.10. The minimum atomic E-state index is -0.398. The molecule has 0 fully saturated rings. The molecule has 9 heteroatoms. The molecule has 9 nitrogen and oxygen atoms in total. The molecule has 2 amide bonds. The van der Waals surface area contributed by atoms with Crippen molar-refractivity contribution in [3.8, 4) is 5.69 Å². The lowest BCUT2D eigenvalue weighted by Crippen LogP contribution is -2.38. The first kappa shape index (κ1) is 19.2. The Hall–Kier alpha value is -3.59. The molecule has 1 aromatic heterocycles. The predicted molar refractivity (Wildman–Crippen MR) is 102 cm³/mol. The van der Waals surface area contributed by atoms with Gasteiger partial charge in [0.1, 0.15) is 5.52 Å². The molecule has 0 aliphatic heterocycles. The fraction of sp³-hybridized carbons (Fsp3) is 0.211. The van der Waals surface area contributed by atoms with Gasteiger partial charge in [0, 0.05) is 19.2 Å². The molecule has 0 aliphatic rings. The predicted octanol–water partition coefficient (Wildman–Crippen LogP) is 0.273. The number of rotatable bonds is 7. The van der Waals surface area contributed by atoms with Gasteiger partial charge in [0.15, 0.2) is 0 Å². The van der Waals surface area contributed by atoms with Crippen molar-refractivity contribution in [1.82, 2.24) is 25.6 Å². The molecule has 0 atom stereocenters. The summed E-state index contributed by atoms with van der Waals surface area (Å²) in [6.45, 7) is 0.638. The molecule has 2 N–H and O–H groups in total. The topological polar surface area (TPSA) is 115 Å². The summed E-state index contributed by atoms with van der Waals surface area (Å²) < 4.78 is 6.00. The number of hydrogen-bond donors (Lipinski definition) is 2. The normalized spacial score (nSPS) is 10.6. The zero-order chi connectivity index (χ0) is 19.9. The molecule has 0 spiro atoms. The van der Waals surface area contributed by atoms with E-state index in [0.717, 1.165) is 0 Å². The summed E-state index contributed by atoms with van der Waals surface area (Å²) in [5.41, 5.74) is 1.06. The first-order valence-corrected chi connectivity index (χ1v) is 8.59. The monoisotopic (exact) mass is 381 g/mol. The SMILES string of the molecule is COCCNC(=O)CNC(=O)c1ccc(-n2nnc3ccccc3c2=O)cc1. The minimum Gasteiger partial charge on any atom is -0.383 e. The van der Waals surface area contributed by atoms with E-state index in [9.17, 15) is 14.4 Å². The number of hydrogen-bond acceptors (Lipinski definition) is 6. The molecule has 3 rings (SSSR count). The summed E-state index contributed by atoms with van der Waals surface area (Å²) in [5.74, 6) is -0.703. The van der Waals surface area contributed by atoms with Crippen LogP contribution in [0.1, 0.15) is 10.4 Å². The van der Waals surface area contributed by atoms with Crippen LogP contribution in [-0.4, -0.2) is 53.6 Å². The molecule has 0 saturated heterocycles. The second-order valence-electron chi connectivity index (χ2n) is 5.90. The number of ether oxygens (including phenoxy) is 1. The third-order valence-corrected chi connectivity index (χ3v) is 3.98. The van der Waals surface area contributed by atoms with Crippen LogP contribution < -0.4 is 16.2 Å². The van der Waals surface area contributed by atoms with Crippen molar-refractivity contribution in [2.75, 3.05) is 26.8 Å². The van der Waals surface area contributed by atoms with Crippen molar-refractivity contribution in [1.29, 1.82) is 0 Å². The summed E-state index contributed by atoms with van der Waals surface area (Å²) in [7, 11) is 1.54. The molecule has 0 radical (unpaired) electrons. The number of benzene rings is 2. The number of nitrogens with one attached hydrogen (secondary N) is 2. The Bertz CT molecular complexity index is 1050. The number of aromatic nitrogens is 3. The van der Waals surface area contributed by atoms with Gasteiger partial charge in [0.05, 0.1) is 24.2 Å². The van der Waals surface area contributed by atoms with E-state index in [2.05, 4.69) is 20.9 Å². The van der Waals surface area contributed by atoms with Crippen molar-refractivity contribution < 1.29 is 14.3 Å². The van der Waals surface area contributed by atoms with Gasteiger partial charge in [0.25, 0.3) is 11.5 Å². The molecule has 28 heavy (non-hydrogen) atoms. The maximum atomic E-state index is 12.6. The van der Waals surface area contributed by atoms with Crippen LogP contribution in [0, 0.1) is 0 Å². The van der Waals surface area contributed by atoms with Gasteiger partial charge in [-0.1, -0.05) is 17.3 Å². The van der Waals surface area contributed by atoms with E-state index in [1.807, 2.05) is 0 Å². The lowest BCUT2D eigenvalue weighted by molar-refractivity contribution is -0.120. The van der Waals surface area contributed by atoms with Gasteiger partial charge < -0.3 is 15.4 Å². The Labute approximate surface area is 160 Å². The van der Waals surface area contributed by atoms with Crippen molar-refractivity contribution in [2.45, 2.75) is 0 Å². The number of fused-ring (bicyclic) bond motifs is 1. The van der Waals surface area contributed by atoms with Gasteiger partial charge in [-0.15, -0.1) is 5.10 Å². The Kier molecular flexibility index (Phi) is 6.07. The van der Waals surface area contributed by atoms with Crippen LogP contribution in [0.25, 0.3) is 16.6 Å². The van der Waals surface area contributed by atoms with E-state index in [4.69, 9.17) is 4.74 Å². The minimum absolute atomic E-state index is 0.139. The maximum absolute atomic E-state index is 12.6. The van der Waals surface area contributed by atoms with Crippen molar-refractivity contribution >= 4 is 22.7 Å². The van der Waals surface area contributed by atoms with Gasteiger partial charge in [-0.05, 0) is 36.4 Å². The third kappa shape index (κ3) is 4.38. The molecule has 0 aliphatic carbocycles. The van der Waals surface area contributed by atoms with Gasteiger partial charge in [-0.2, -0.15) is 4.68 Å². The maximum Gasteiger partial charge on any atom is 0.282 e. The molecule has 3 aromatic rings. The average Bonchev–Trinajstić information content (AvgIpc) is 2.73. The van der Waals surface area contributed by atoms with E-state index in [1.54, 1.807) is 48.5 Å². The van der Waals surface area contributed by atoms with Crippen LogP contribution in [-0.2, 0) is 9.53 Å². The van der Waals surface area contributed by atoms with Crippen LogP contribution in [0.3, 0.4) is 0 Å². The lowest BCUT2D eigenvalue weighted by Gasteiger charge is -2.08. The largest absolute Gasteiger partial charge is 0.383 e. The summed E-state index contributed by atoms with van der Waals surface area (Å²) in [5, 5.41) is 13.6. The highest BCUT2D eigenvalue weighted by atomic mass is 16.5. The zero-order valence-corrected chi connectivity index (χ0v) is 15.2. The van der Waals surface area contributed by atoms with E-state index in [0.29, 0.717) is 35.3 Å². The van der Waals surface area contributed by atoms with Gasteiger partial charge in [-0.25, -0.2) is 0 Å². The zero-order valence-electron chi connectivity index (χ0n) is 15.2. The van der Waals surface area contributed by atoms with Crippen molar-refractivity contribution in [3.05, 3.63) is 64.4 Å². The molecule has 144 valence electrons. The van der Waals surface area contributed by atoms with Crippen LogP contribution in [0.4, 0.5) is 0 Å². The van der Waals surface area contributed by atoms with Crippen LogP contribution in [0.5, 0.6) is 0 Å². The first-order valence-electron chi connectivity index (χ1n) is 8.59. The number of carbonyl (C=O) groups excluding carboxylic acids is 2. The summed E-state index contributed by atoms with van der Waals surface area (Å²) in [6, 6.07) is 13.2. The van der Waals surface area contributed by atoms with E-state index in [1.165, 1.54) is 11.8 Å². The molecule has 0 bridgehead atoms. The Morgan fingerprint density at radius 2 is 1.82 bits per heavy atom. The molecule has 1 heterocycles. The molecule has 2 aromatic carbocycles. The Morgan fingerprint density at radius 1 is 1.07 bits per heavy atom. The van der Waals surface area contributed by atoms with E-state index >= 15 is 0 Å². The van der Waals surface area contributed by atoms with E-state index in [-0.39, 0.29) is 18.0 Å². The highest BCUT2D eigenvalue weighted by Crippen LogP contribution is 2.09.